The first-order valence-corrected chi connectivity index (χ1v) is 6.15. The number of hydrogen-bond acceptors (Lipinski definition) is 1. The number of primary amides is 1. The summed E-state index contributed by atoms with van der Waals surface area (Å²) in [6.07, 6.45) is 0.164. The van der Waals surface area contributed by atoms with Gasteiger partial charge in [0.2, 0.25) is 5.91 Å². The third-order valence-corrected chi connectivity index (χ3v) is 3.17. The topological polar surface area (TPSA) is 43.1 Å². The molecule has 92 valence electrons. The van der Waals surface area contributed by atoms with E-state index in [1.165, 1.54) is 0 Å². The van der Waals surface area contributed by atoms with Gasteiger partial charge >= 0.3 is 0 Å². The van der Waals surface area contributed by atoms with Crippen LogP contribution in [0, 0.1) is 0 Å². The molecule has 2 aromatic rings. The van der Waals surface area contributed by atoms with Crippen LogP contribution in [0.25, 0.3) is 11.1 Å². The van der Waals surface area contributed by atoms with E-state index in [4.69, 9.17) is 28.9 Å². The van der Waals surface area contributed by atoms with Gasteiger partial charge in [0.1, 0.15) is 0 Å². The Labute approximate surface area is 115 Å². The zero-order chi connectivity index (χ0) is 13.1. The van der Waals surface area contributed by atoms with Gasteiger partial charge in [-0.3, -0.25) is 4.79 Å². The minimum atomic E-state index is -0.384. The molecule has 2 aromatic carbocycles. The van der Waals surface area contributed by atoms with Crippen molar-refractivity contribution < 1.29 is 4.79 Å². The maximum atomic E-state index is 11.1. The average Bonchev–Trinajstić information content (AvgIpc) is 2.32. The van der Waals surface area contributed by atoms with Gasteiger partial charge in [0.15, 0.2) is 0 Å². The number of carbonyl (C=O) groups is 1. The zero-order valence-corrected chi connectivity index (χ0v) is 11.0. The number of amides is 1. The Kier molecular flexibility index (Phi) is 3.90. The van der Waals surface area contributed by atoms with Crippen LogP contribution in [0.3, 0.4) is 0 Å². The number of hydrogen-bond donors (Lipinski definition) is 1. The molecular weight excluding hydrogens is 269 g/mol. The Hall–Kier alpha value is -1.51. The number of rotatable bonds is 3. The zero-order valence-electron chi connectivity index (χ0n) is 9.49. The van der Waals surface area contributed by atoms with E-state index in [1.54, 1.807) is 24.3 Å². The lowest BCUT2D eigenvalue weighted by molar-refractivity contribution is -0.117. The van der Waals surface area contributed by atoms with E-state index >= 15 is 0 Å². The summed E-state index contributed by atoms with van der Waals surface area (Å²) in [4.78, 5) is 11.1. The van der Waals surface area contributed by atoms with Gasteiger partial charge < -0.3 is 5.73 Å². The van der Waals surface area contributed by atoms with Crippen molar-refractivity contribution in [3.63, 3.8) is 0 Å². The van der Waals surface area contributed by atoms with Crippen molar-refractivity contribution >= 4 is 29.1 Å². The summed E-state index contributed by atoms with van der Waals surface area (Å²) in [7, 11) is 0. The molecule has 0 fully saturated rings. The third-order valence-electron chi connectivity index (χ3n) is 2.60. The van der Waals surface area contributed by atoms with Crippen LogP contribution in [0.4, 0.5) is 0 Å². The fourth-order valence-electron chi connectivity index (χ4n) is 1.82. The molecule has 2 N–H and O–H groups in total. The van der Waals surface area contributed by atoms with Gasteiger partial charge in [-0.2, -0.15) is 0 Å². The molecule has 0 radical (unpaired) electrons. The predicted molar refractivity (Wildman–Crippen MR) is 74.8 cm³/mol. The monoisotopic (exact) mass is 279 g/mol. The lowest BCUT2D eigenvalue weighted by Crippen LogP contribution is -2.14. The molecule has 4 heteroatoms. The van der Waals surface area contributed by atoms with Crippen molar-refractivity contribution in [3.05, 3.63) is 58.1 Å². The van der Waals surface area contributed by atoms with E-state index < -0.39 is 0 Å². The summed E-state index contributed by atoms with van der Waals surface area (Å²) >= 11 is 12.2. The minimum Gasteiger partial charge on any atom is -0.369 e. The summed E-state index contributed by atoms with van der Waals surface area (Å²) in [6.45, 7) is 0. The maximum Gasteiger partial charge on any atom is 0.221 e. The second kappa shape index (κ2) is 5.42. The molecule has 0 aliphatic carbocycles. The molecule has 0 spiro atoms. The van der Waals surface area contributed by atoms with Gasteiger partial charge in [-0.15, -0.1) is 0 Å². The first kappa shape index (κ1) is 12.9. The van der Waals surface area contributed by atoms with Crippen molar-refractivity contribution in [1.29, 1.82) is 0 Å². The summed E-state index contributed by atoms with van der Waals surface area (Å²) < 4.78 is 0. The van der Waals surface area contributed by atoms with Crippen LogP contribution in [-0.4, -0.2) is 5.91 Å². The highest BCUT2D eigenvalue weighted by atomic mass is 35.5. The molecule has 0 atom stereocenters. The highest BCUT2D eigenvalue weighted by molar-refractivity contribution is 6.34. The summed E-state index contributed by atoms with van der Waals surface area (Å²) in [5, 5.41) is 1.21. The maximum absolute atomic E-state index is 11.1. The highest BCUT2D eigenvalue weighted by Gasteiger charge is 2.10. The van der Waals surface area contributed by atoms with Crippen LogP contribution in [0.15, 0.2) is 42.5 Å². The van der Waals surface area contributed by atoms with Gasteiger partial charge in [-0.1, -0.05) is 47.5 Å². The molecule has 0 aromatic heterocycles. The van der Waals surface area contributed by atoms with E-state index in [1.807, 2.05) is 18.2 Å². The van der Waals surface area contributed by atoms with E-state index in [0.29, 0.717) is 10.0 Å². The quantitative estimate of drug-likeness (QED) is 0.915. The van der Waals surface area contributed by atoms with Crippen molar-refractivity contribution in [3.8, 4) is 11.1 Å². The standard InChI is InChI=1S/C14H11Cl2NO/c15-10-6-5-9(7-14(17)18)12(8-10)11-3-1-2-4-13(11)16/h1-6,8H,7H2,(H2,17,18). The molecular formula is C14H11Cl2NO. The Balaban J connectivity index is 2.58. The Morgan fingerprint density at radius 3 is 2.44 bits per heavy atom. The Morgan fingerprint density at radius 1 is 1.06 bits per heavy atom. The van der Waals surface area contributed by atoms with Crippen molar-refractivity contribution in [2.45, 2.75) is 6.42 Å². The van der Waals surface area contributed by atoms with Crippen LogP contribution in [0.2, 0.25) is 10.0 Å². The van der Waals surface area contributed by atoms with Crippen LogP contribution in [0.1, 0.15) is 5.56 Å². The Bertz CT molecular complexity index is 596. The second-order valence-corrected chi connectivity index (χ2v) is 4.77. The smallest absolute Gasteiger partial charge is 0.221 e. The van der Waals surface area contributed by atoms with Crippen molar-refractivity contribution in [2.24, 2.45) is 5.73 Å². The molecule has 0 bridgehead atoms. The van der Waals surface area contributed by atoms with Crippen LogP contribution in [-0.2, 0) is 11.2 Å². The molecule has 2 nitrogen and oxygen atoms in total. The molecule has 1 amide bonds. The second-order valence-electron chi connectivity index (χ2n) is 3.92. The largest absolute Gasteiger partial charge is 0.369 e. The summed E-state index contributed by atoms with van der Waals surface area (Å²) in [6, 6.07) is 12.7. The lowest BCUT2D eigenvalue weighted by Gasteiger charge is -2.10. The molecule has 2 rings (SSSR count). The van der Waals surface area contributed by atoms with Crippen molar-refractivity contribution in [1.82, 2.24) is 0 Å². The highest BCUT2D eigenvalue weighted by Crippen LogP contribution is 2.32. The molecule has 0 saturated carbocycles. The SMILES string of the molecule is NC(=O)Cc1ccc(Cl)cc1-c1ccccc1Cl. The lowest BCUT2D eigenvalue weighted by atomic mass is 9.97. The normalized spacial score (nSPS) is 10.3. The van der Waals surface area contributed by atoms with Gasteiger partial charge in [0.05, 0.1) is 6.42 Å². The summed E-state index contributed by atoms with van der Waals surface area (Å²) in [5.41, 5.74) is 7.75. The average molecular weight is 280 g/mol. The van der Waals surface area contributed by atoms with Gasteiger partial charge in [-0.05, 0) is 29.3 Å². The molecule has 0 heterocycles. The first-order chi connectivity index (χ1) is 8.58. The minimum absolute atomic E-state index is 0.164. The van der Waals surface area contributed by atoms with Gasteiger partial charge in [0, 0.05) is 15.6 Å². The molecule has 0 aliphatic rings. The predicted octanol–water partition coefficient (Wildman–Crippen LogP) is 3.69. The number of halogens is 2. The van der Waals surface area contributed by atoms with E-state index in [9.17, 15) is 4.79 Å². The third kappa shape index (κ3) is 2.84. The van der Waals surface area contributed by atoms with Gasteiger partial charge in [-0.25, -0.2) is 0 Å². The van der Waals surface area contributed by atoms with Crippen LogP contribution < -0.4 is 5.73 Å². The summed E-state index contributed by atoms with van der Waals surface area (Å²) in [5.74, 6) is -0.384. The fourth-order valence-corrected chi connectivity index (χ4v) is 2.23. The van der Waals surface area contributed by atoms with E-state index in [-0.39, 0.29) is 12.3 Å². The molecule has 0 saturated heterocycles. The molecule has 18 heavy (non-hydrogen) atoms. The van der Waals surface area contributed by atoms with Crippen molar-refractivity contribution in [2.75, 3.05) is 0 Å². The van der Waals surface area contributed by atoms with Gasteiger partial charge in [0.25, 0.3) is 0 Å². The van der Waals surface area contributed by atoms with Crippen LogP contribution >= 0.6 is 23.2 Å². The first-order valence-electron chi connectivity index (χ1n) is 5.39. The molecule has 0 unspecified atom stereocenters. The van der Waals surface area contributed by atoms with Crippen LogP contribution in [0.5, 0.6) is 0 Å². The molecule has 0 aliphatic heterocycles. The number of nitrogens with two attached hydrogens (primary N) is 1. The van der Waals surface area contributed by atoms with E-state index in [0.717, 1.165) is 16.7 Å². The number of carbonyl (C=O) groups excluding carboxylic acids is 1. The Morgan fingerprint density at radius 2 is 1.78 bits per heavy atom. The van der Waals surface area contributed by atoms with E-state index in [2.05, 4.69) is 0 Å². The number of benzene rings is 2. The fraction of sp³-hybridized carbons (Fsp3) is 0.0714.